The molecule has 0 aromatic carbocycles. The van der Waals surface area contributed by atoms with Gasteiger partial charge in [0.05, 0.1) is 0 Å². The Morgan fingerprint density at radius 1 is 0.241 bits per heavy atom. The van der Waals surface area contributed by atoms with Crippen LogP contribution >= 0.6 is 0 Å². The van der Waals surface area contributed by atoms with Gasteiger partial charge in [0.2, 0.25) is 0 Å². The second-order valence-electron chi connectivity index (χ2n) is 24.5. The molecule has 1 atom stereocenters. The van der Waals surface area contributed by atoms with Crippen LogP contribution in [0.2, 0.25) is 0 Å². The van der Waals surface area contributed by atoms with Gasteiger partial charge in [0.15, 0.2) is 6.10 Å². The molecule has 0 saturated heterocycles. The quantitative estimate of drug-likeness (QED) is 0.0261. The van der Waals surface area contributed by atoms with E-state index in [1.165, 1.54) is 257 Å². The highest BCUT2D eigenvalue weighted by Gasteiger charge is 2.19. The Bertz CT molecular complexity index is 1520. The van der Waals surface area contributed by atoms with Crippen molar-refractivity contribution in [3.8, 4) is 0 Å². The van der Waals surface area contributed by atoms with E-state index in [1.54, 1.807) is 0 Å². The molecule has 0 radical (unpaired) electrons. The number of rotatable bonds is 67. The van der Waals surface area contributed by atoms with E-state index in [1.807, 2.05) is 0 Å². The van der Waals surface area contributed by atoms with Gasteiger partial charge < -0.3 is 14.2 Å². The number of carbonyl (C=O) groups is 3. The number of carbonyl (C=O) groups excluding carboxylic acids is 3. The molecule has 482 valence electrons. The largest absolute Gasteiger partial charge is 0.462 e. The van der Waals surface area contributed by atoms with Crippen LogP contribution in [0.5, 0.6) is 0 Å². The summed E-state index contributed by atoms with van der Waals surface area (Å²) in [5, 5.41) is 0. The lowest BCUT2D eigenvalue weighted by Crippen LogP contribution is -2.30. The molecule has 0 aliphatic carbocycles. The maximum Gasteiger partial charge on any atom is 0.306 e. The van der Waals surface area contributed by atoms with Gasteiger partial charge in [-0.05, 0) is 116 Å². The van der Waals surface area contributed by atoms with Crippen molar-refractivity contribution in [1.29, 1.82) is 0 Å². The van der Waals surface area contributed by atoms with Crippen LogP contribution in [0.4, 0.5) is 0 Å². The highest BCUT2D eigenvalue weighted by Crippen LogP contribution is 2.18. The standard InChI is InChI=1S/C77H138O6/c1-4-7-10-13-16-19-22-25-27-29-31-33-34-35-36-37-38-39-40-41-42-44-45-47-49-52-55-58-61-64-67-70-76(79)82-73-74(72-81-75(78)69-66-63-60-57-54-51-24-21-18-15-12-9-6-3)83-77(80)71-68-65-62-59-56-53-50-48-46-43-32-30-28-26-23-20-17-14-11-8-5-2/h21-26,29-32,34-35,74H,4-20,27-28,33,36-73H2,1-3H3/b24-21-,25-22-,26-23-,31-29-,32-30-,35-34-. The van der Waals surface area contributed by atoms with Crippen LogP contribution in [-0.2, 0) is 28.6 Å². The van der Waals surface area contributed by atoms with Gasteiger partial charge >= 0.3 is 17.9 Å². The first-order valence-electron chi connectivity index (χ1n) is 36.4. The Balaban J connectivity index is 4.21. The van der Waals surface area contributed by atoms with Crippen LogP contribution in [0, 0.1) is 0 Å². The van der Waals surface area contributed by atoms with Crippen LogP contribution in [0.1, 0.15) is 380 Å². The van der Waals surface area contributed by atoms with Gasteiger partial charge in [-0.25, -0.2) is 0 Å². The first kappa shape index (κ1) is 79.8. The number of hydrogen-bond donors (Lipinski definition) is 0. The maximum absolute atomic E-state index is 13.0. The molecule has 0 N–H and O–H groups in total. The Hall–Kier alpha value is -3.15. The number of ether oxygens (including phenoxy) is 3. The van der Waals surface area contributed by atoms with E-state index in [4.69, 9.17) is 14.2 Å². The highest BCUT2D eigenvalue weighted by molar-refractivity contribution is 5.71. The Morgan fingerprint density at radius 2 is 0.434 bits per heavy atom. The van der Waals surface area contributed by atoms with E-state index in [2.05, 4.69) is 93.7 Å². The smallest absolute Gasteiger partial charge is 0.306 e. The molecule has 0 saturated carbocycles. The van der Waals surface area contributed by atoms with Gasteiger partial charge in [-0.15, -0.1) is 0 Å². The van der Waals surface area contributed by atoms with Crippen molar-refractivity contribution < 1.29 is 28.6 Å². The van der Waals surface area contributed by atoms with Gasteiger partial charge in [0.25, 0.3) is 0 Å². The average molecular weight is 1160 g/mol. The predicted octanol–water partition coefficient (Wildman–Crippen LogP) is 25.2. The van der Waals surface area contributed by atoms with E-state index < -0.39 is 6.10 Å². The number of hydrogen-bond acceptors (Lipinski definition) is 6. The molecule has 0 fully saturated rings. The summed E-state index contributed by atoms with van der Waals surface area (Å²) in [6, 6.07) is 0. The fourth-order valence-corrected chi connectivity index (χ4v) is 10.7. The van der Waals surface area contributed by atoms with Crippen molar-refractivity contribution in [3.63, 3.8) is 0 Å². The number of esters is 3. The molecule has 0 amide bonds. The Kier molecular flexibility index (Phi) is 68.6. The van der Waals surface area contributed by atoms with Crippen LogP contribution in [-0.4, -0.2) is 37.2 Å². The van der Waals surface area contributed by atoms with Gasteiger partial charge in [-0.1, -0.05) is 318 Å². The minimum atomic E-state index is -0.782. The Labute approximate surface area is 516 Å². The Morgan fingerprint density at radius 3 is 0.699 bits per heavy atom. The minimum Gasteiger partial charge on any atom is -0.462 e. The second kappa shape index (κ2) is 71.3. The van der Waals surface area contributed by atoms with Gasteiger partial charge in [0.1, 0.15) is 13.2 Å². The highest BCUT2D eigenvalue weighted by atomic mass is 16.6. The molecule has 1 unspecified atom stereocenters. The second-order valence-corrected chi connectivity index (χ2v) is 24.5. The lowest BCUT2D eigenvalue weighted by atomic mass is 10.0. The average Bonchev–Trinajstić information content (AvgIpc) is 3.49. The fraction of sp³-hybridized carbons (Fsp3) is 0.805. The molecule has 6 nitrogen and oxygen atoms in total. The van der Waals surface area contributed by atoms with E-state index in [0.29, 0.717) is 19.3 Å². The summed E-state index contributed by atoms with van der Waals surface area (Å²) in [6.45, 7) is 6.64. The number of allylic oxidation sites excluding steroid dienone is 12. The lowest BCUT2D eigenvalue weighted by molar-refractivity contribution is -0.167. The molecule has 0 spiro atoms. The predicted molar refractivity (Wildman–Crippen MR) is 362 cm³/mol. The normalized spacial score (nSPS) is 12.5. The topological polar surface area (TPSA) is 78.9 Å². The molecular weight excluding hydrogens is 1020 g/mol. The van der Waals surface area contributed by atoms with E-state index in [0.717, 1.165) is 83.5 Å². The SMILES string of the molecule is CCCCCC/C=C\CCCCCCCC(=O)OCC(COC(=O)CCCCCCCCCCCCCCCCCC/C=C\C/C=C\C/C=C\CCCCCCC)OC(=O)CCCCCCCCCCC/C=C\C/C=C\CCCCCCC. The molecular formula is C77H138O6. The summed E-state index contributed by atoms with van der Waals surface area (Å²) in [5.41, 5.74) is 0. The molecule has 83 heavy (non-hydrogen) atoms. The molecule has 0 aromatic rings. The maximum atomic E-state index is 13.0. The molecule has 6 heteroatoms. The van der Waals surface area contributed by atoms with Crippen LogP contribution in [0.25, 0.3) is 0 Å². The zero-order valence-corrected chi connectivity index (χ0v) is 55.5. The van der Waals surface area contributed by atoms with Gasteiger partial charge in [-0.3, -0.25) is 14.4 Å². The third-order valence-corrected chi connectivity index (χ3v) is 16.2. The molecule has 0 aliphatic heterocycles. The molecule has 0 rings (SSSR count). The van der Waals surface area contributed by atoms with Gasteiger partial charge in [0, 0.05) is 19.3 Å². The summed E-state index contributed by atoms with van der Waals surface area (Å²) < 4.78 is 17.0. The summed E-state index contributed by atoms with van der Waals surface area (Å²) in [5.74, 6) is -0.869. The number of unbranched alkanes of at least 4 members (excludes halogenated alkanes) is 44. The molecule has 0 aromatic heterocycles. The third kappa shape index (κ3) is 69.5. The summed E-state index contributed by atoms with van der Waals surface area (Å²) >= 11 is 0. The summed E-state index contributed by atoms with van der Waals surface area (Å²) in [7, 11) is 0. The first-order valence-corrected chi connectivity index (χ1v) is 36.4. The van der Waals surface area contributed by atoms with Crippen LogP contribution in [0.3, 0.4) is 0 Å². The zero-order valence-electron chi connectivity index (χ0n) is 55.5. The molecule has 0 aliphatic rings. The molecule has 0 heterocycles. The lowest BCUT2D eigenvalue weighted by Gasteiger charge is -2.18. The van der Waals surface area contributed by atoms with Crippen LogP contribution in [0.15, 0.2) is 72.9 Å². The van der Waals surface area contributed by atoms with E-state index in [-0.39, 0.29) is 31.1 Å². The van der Waals surface area contributed by atoms with Crippen molar-refractivity contribution in [2.24, 2.45) is 0 Å². The van der Waals surface area contributed by atoms with Crippen LogP contribution < -0.4 is 0 Å². The summed E-state index contributed by atoms with van der Waals surface area (Å²) in [6.07, 6.45) is 93.6. The minimum absolute atomic E-state index is 0.0766. The van der Waals surface area contributed by atoms with Gasteiger partial charge in [-0.2, -0.15) is 0 Å². The monoisotopic (exact) mass is 1160 g/mol. The summed E-state index contributed by atoms with van der Waals surface area (Å²) in [4.78, 5) is 38.4. The van der Waals surface area contributed by atoms with Crippen molar-refractivity contribution >= 4 is 17.9 Å². The van der Waals surface area contributed by atoms with Crippen molar-refractivity contribution in [2.45, 2.75) is 386 Å². The fourth-order valence-electron chi connectivity index (χ4n) is 10.7. The van der Waals surface area contributed by atoms with Crippen molar-refractivity contribution in [3.05, 3.63) is 72.9 Å². The third-order valence-electron chi connectivity index (χ3n) is 16.2. The van der Waals surface area contributed by atoms with E-state index >= 15 is 0 Å². The van der Waals surface area contributed by atoms with Crippen molar-refractivity contribution in [2.75, 3.05) is 13.2 Å². The zero-order chi connectivity index (χ0) is 59.9. The van der Waals surface area contributed by atoms with E-state index in [9.17, 15) is 14.4 Å². The molecule has 0 bridgehead atoms. The van der Waals surface area contributed by atoms with Crippen molar-refractivity contribution in [1.82, 2.24) is 0 Å². The first-order chi connectivity index (χ1) is 41.0.